The van der Waals surface area contributed by atoms with Crippen LogP contribution < -0.4 is 15.8 Å². The molecule has 3 N–H and O–H groups in total. The van der Waals surface area contributed by atoms with Crippen molar-refractivity contribution in [2.45, 2.75) is 38.3 Å². The molecule has 0 spiro atoms. The molecule has 4 nitrogen and oxygen atoms in total. The van der Waals surface area contributed by atoms with Crippen molar-refractivity contribution in [3.63, 3.8) is 0 Å². The Balaban J connectivity index is 1.98. The fraction of sp³-hybridized carbons (Fsp3) is 0.500. The van der Waals surface area contributed by atoms with Crippen molar-refractivity contribution >= 4 is 5.91 Å². The standard InChI is InChI=1S/C14H19FN2O2/c1-9(14(18)17-12-2-3-12)19-13-7-10(4-5-16)6-11(15)8-13/h6-9,12H,2-5,16H2,1H3,(H,17,18). The van der Waals surface area contributed by atoms with E-state index in [2.05, 4.69) is 5.32 Å². The summed E-state index contributed by atoms with van der Waals surface area (Å²) in [5.41, 5.74) is 6.22. The van der Waals surface area contributed by atoms with E-state index in [9.17, 15) is 9.18 Å². The lowest BCUT2D eigenvalue weighted by Gasteiger charge is -2.15. The number of nitrogens with two attached hydrogens (primary N) is 1. The normalized spacial score (nSPS) is 15.9. The van der Waals surface area contributed by atoms with Gasteiger partial charge in [0.1, 0.15) is 11.6 Å². The number of hydrogen-bond acceptors (Lipinski definition) is 3. The maximum atomic E-state index is 13.4. The largest absolute Gasteiger partial charge is 0.481 e. The monoisotopic (exact) mass is 266 g/mol. The van der Waals surface area contributed by atoms with Crippen molar-refractivity contribution in [3.8, 4) is 5.75 Å². The number of carbonyl (C=O) groups excluding carboxylic acids is 1. The van der Waals surface area contributed by atoms with Crippen LogP contribution in [0.5, 0.6) is 5.75 Å². The molecule has 2 rings (SSSR count). The van der Waals surface area contributed by atoms with Gasteiger partial charge in [0.05, 0.1) is 0 Å². The van der Waals surface area contributed by atoms with E-state index in [0.29, 0.717) is 24.8 Å². The Morgan fingerprint density at radius 2 is 2.26 bits per heavy atom. The Kier molecular flexibility index (Phi) is 4.37. The van der Waals surface area contributed by atoms with Crippen molar-refractivity contribution < 1.29 is 13.9 Å². The van der Waals surface area contributed by atoms with Crippen LogP contribution in [-0.2, 0) is 11.2 Å². The number of hydrogen-bond donors (Lipinski definition) is 2. The van der Waals surface area contributed by atoms with E-state index in [4.69, 9.17) is 10.5 Å². The highest BCUT2D eigenvalue weighted by Crippen LogP contribution is 2.20. The average molecular weight is 266 g/mol. The van der Waals surface area contributed by atoms with Gasteiger partial charge < -0.3 is 15.8 Å². The van der Waals surface area contributed by atoms with Crippen LogP contribution in [0.1, 0.15) is 25.3 Å². The Bertz CT molecular complexity index is 461. The average Bonchev–Trinajstić information content (AvgIpc) is 3.12. The zero-order valence-electron chi connectivity index (χ0n) is 11.0. The second-order valence-electron chi connectivity index (χ2n) is 4.88. The predicted molar refractivity (Wildman–Crippen MR) is 70.4 cm³/mol. The quantitative estimate of drug-likeness (QED) is 0.817. The van der Waals surface area contributed by atoms with Crippen LogP contribution in [0.25, 0.3) is 0 Å². The molecule has 1 unspecified atom stereocenters. The molecule has 1 fully saturated rings. The highest BCUT2D eigenvalue weighted by atomic mass is 19.1. The number of carbonyl (C=O) groups is 1. The molecule has 1 amide bonds. The summed E-state index contributed by atoms with van der Waals surface area (Å²) in [6, 6.07) is 4.71. The molecule has 0 saturated heterocycles. The van der Waals surface area contributed by atoms with Gasteiger partial charge in [0.25, 0.3) is 5.91 Å². The van der Waals surface area contributed by atoms with E-state index in [0.717, 1.165) is 18.4 Å². The van der Waals surface area contributed by atoms with Gasteiger partial charge in [0.2, 0.25) is 0 Å². The van der Waals surface area contributed by atoms with Gasteiger partial charge >= 0.3 is 0 Å². The van der Waals surface area contributed by atoms with Gasteiger partial charge in [0, 0.05) is 12.1 Å². The SMILES string of the molecule is CC(Oc1cc(F)cc(CCN)c1)C(=O)NC1CC1. The number of nitrogens with one attached hydrogen (secondary N) is 1. The molecule has 5 heteroatoms. The first-order valence-electron chi connectivity index (χ1n) is 6.55. The Morgan fingerprint density at radius 1 is 1.53 bits per heavy atom. The topological polar surface area (TPSA) is 64.3 Å². The van der Waals surface area contributed by atoms with Crippen LogP contribution in [-0.4, -0.2) is 24.6 Å². The van der Waals surface area contributed by atoms with Crippen LogP contribution >= 0.6 is 0 Å². The lowest BCUT2D eigenvalue weighted by molar-refractivity contribution is -0.127. The summed E-state index contributed by atoms with van der Waals surface area (Å²) in [5, 5.41) is 2.85. The summed E-state index contributed by atoms with van der Waals surface area (Å²) in [6.07, 6.45) is 2.00. The van der Waals surface area contributed by atoms with Crippen LogP contribution in [0, 0.1) is 5.82 Å². The summed E-state index contributed by atoms with van der Waals surface area (Å²) in [5.74, 6) is -0.176. The lowest BCUT2D eigenvalue weighted by Crippen LogP contribution is -2.37. The second-order valence-corrected chi connectivity index (χ2v) is 4.88. The van der Waals surface area contributed by atoms with Gasteiger partial charge in [-0.1, -0.05) is 0 Å². The van der Waals surface area contributed by atoms with Crippen LogP contribution in [0.3, 0.4) is 0 Å². The third-order valence-electron chi connectivity index (χ3n) is 2.97. The Labute approximate surface area is 112 Å². The van der Waals surface area contributed by atoms with E-state index < -0.39 is 6.10 Å². The number of halogens is 1. The summed E-state index contributed by atoms with van der Waals surface area (Å²) in [6.45, 7) is 2.10. The van der Waals surface area contributed by atoms with Gasteiger partial charge in [-0.25, -0.2) is 4.39 Å². The number of benzene rings is 1. The van der Waals surface area contributed by atoms with Gasteiger partial charge in [-0.2, -0.15) is 0 Å². The summed E-state index contributed by atoms with van der Waals surface area (Å²) < 4.78 is 18.9. The second kappa shape index (κ2) is 6.02. The fourth-order valence-electron chi connectivity index (χ4n) is 1.80. The van der Waals surface area contributed by atoms with Gasteiger partial charge in [-0.15, -0.1) is 0 Å². The van der Waals surface area contributed by atoms with E-state index >= 15 is 0 Å². The van der Waals surface area contributed by atoms with Crippen molar-refractivity contribution in [2.75, 3.05) is 6.54 Å². The van der Waals surface area contributed by atoms with Crippen molar-refractivity contribution in [3.05, 3.63) is 29.6 Å². The number of amides is 1. The van der Waals surface area contributed by atoms with Crippen molar-refractivity contribution in [1.29, 1.82) is 0 Å². The molecule has 19 heavy (non-hydrogen) atoms. The molecule has 1 aliphatic carbocycles. The summed E-state index contributed by atoms with van der Waals surface area (Å²) in [4.78, 5) is 11.7. The van der Waals surface area contributed by atoms with Crippen LogP contribution in [0.4, 0.5) is 4.39 Å². The highest BCUT2D eigenvalue weighted by Gasteiger charge is 2.26. The van der Waals surface area contributed by atoms with E-state index in [1.165, 1.54) is 12.1 Å². The van der Waals surface area contributed by atoms with E-state index in [1.54, 1.807) is 13.0 Å². The third-order valence-corrected chi connectivity index (χ3v) is 2.97. The lowest BCUT2D eigenvalue weighted by atomic mass is 10.1. The molecular formula is C14H19FN2O2. The molecule has 1 aromatic rings. The first-order chi connectivity index (χ1) is 9.08. The van der Waals surface area contributed by atoms with Crippen LogP contribution in [0.2, 0.25) is 0 Å². The summed E-state index contributed by atoms with van der Waals surface area (Å²) in [7, 11) is 0. The molecule has 1 aromatic carbocycles. The molecule has 0 bridgehead atoms. The van der Waals surface area contributed by atoms with Crippen molar-refractivity contribution in [2.24, 2.45) is 5.73 Å². The smallest absolute Gasteiger partial charge is 0.260 e. The number of ether oxygens (including phenoxy) is 1. The molecular weight excluding hydrogens is 247 g/mol. The molecule has 1 saturated carbocycles. The first-order valence-corrected chi connectivity index (χ1v) is 6.55. The van der Waals surface area contributed by atoms with Gasteiger partial charge in [0.15, 0.2) is 6.10 Å². The number of rotatable bonds is 6. The molecule has 0 aliphatic heterocycles. The predicted octanol–water partition coefficient (Wildman–Crippen LogP) is 1.37. The summed E-state index contributed by atoms with van der Waals surface area (Å²) >= 11 is 0. The minimum absolute atomic E-state index is 0.160. The molecule has 0 aromatic heterocycles. The Hall–Kier alpha value is -1.62. The zero-order valence-corrected chi connectivity index (χ0v) is 11.0. The molecule has 104 valence electrons. The fourth-order valence-corrected chi connectivity index (χ4v) is 1.80. The maximum Gasteiger partial charge on any atom is 0.260 e. The minimum atomic E-state index is -0.631. The molecule has 1 aliphatic rings. The minimum Gasteiger partial charge on any atom is -0.481 e. The van der Waals surface area contributed by atoms with E-state index in [-0.39, 0.29) is 11.7 Å². The molecule has 0 heterocycles. The third kappa shape index (κ3) is 4.21. The van der Waals surface area contributed by atoms with Crippen molar-refractivity contribution in [1.82, 2.24) is 5.32 Å². The van der Waals surface area contributed by atoms with E-state index in [1.807, 2.05) is 0 Å². The maximum absolute atomic E-state index is 13.4. The highest BCUT2D eigenvalue weighted by molar-refractivity contribution is 5.81. The first kappa shape index (κ1) is 13.8. The van der Waals surface area contributed by atoms with Gasteiger partial charge in [-0.05, 0) is 50.4 Å². The molecule has 1 atom stereocenters. The Morgan fingerprint density at radius 3 is 2.89 bits per heavy atom. The zero-order chi connectivity index (χ0) is 13.8. The van der Waals surface area contributed by atoms with Crippen LogP contribution in [0.15, 0.2) is 18.2 Å². The molecule has 0 radical (unpaired) electrons. The van der Waals surface area contributed by atoms with Gasteiger partial charge in [-0.3, -0.25) is 4.79 Å².